The summed E-state index contributed by atoms with van der Waals surface area (Å²) in [7, 11) is 3.07. The molecule has 2 aromatic carbocycles. The second-order valence-electron chi connectivity index (χ2n) is 5.85. The molecule has 0 aliphatic heterocycles. The first-order chi connectivity index (χ1) is 12.1. The van der Waals surface area contributed by atoms with Crippen molar-refractivity contribution in [1.29, 1.82) is 0 Å². The van der Waals surface area contributed by atoms with Crippen molar-refractivity contribution in [3.63, 3.8) is 0 Å². The van der Waals surface area contributed by atoms with Gasteiger partial charge in [0.1, 0.15) is 0 Å². The molecule has 0 spiro atoms. The Kier molecular flexibility index (Phi) is 6.91. The number of hydrogen-bond acceptors (Lipinski definition) is 6. The van der Waals surface area contributed by atoms with E-state index in [0.717, 1.165) is 11.1 Å². The van der Waals surface area contributed by atoms with Crippen LogP contribution in [0.3, 0.4) is 0 Å². The molecule has 0 saturated carbocycles. The van der Waals surface area contributed by atoms with Gasteiger partial charge in [-0.05, 0) is 19.1 Å². The Hall–Kier alpha value is -2.44. The van der Waals surface area contributed by atoms with Crippen molar-refractivity contribution >= 4 is 0 Å². The van der Waals surface area contributed by atoms with Crippen LogP contribution < -0.4 is 20.1 Å². The highest BCUT2D eigenvalue weighted by Crippen LogP contribution is 2.30. The number of nitrogens with one attached hydrogen (secondary N) is 2. The lowest BCUT2D eigenvalue weighted by Gasteiger charge is -2.16. The van der Waals surface area contributed by atoms with Gasteiger partial charge in [0.05, 0.1) is 14.2 Å². The van der Waals surface area contributed by atoms with Gasteiger partial charge in [0.2, 0.25) is 0 Å². The van der Waals surface area contributed by atoms with Crippen molar-refractivity contribution in [1.82, 2.24) is 10.6 Å². The highest BCUT2D eigenvalue weighted by atomic mass is 16.5. The number of ether oxygens (including phenoxy) is 2. The van der Waals surface area contributed by atoms with E-state index in [1.165, 1.54) is 14.2 Å². The summed E-state index contributed by atoms with van der Waals surface area (Å²) in [5, 5.41) is 26.8. The van der Waals surface area contributed by atoms with E-state index in [4.69, 9.17) is 9.47 Å². The molecule has 2 aromatic rings. The maximum absolute atomic E-state index is 10.1. The topological polar surface area (TPSA) is 83.0 Å². The minimum absolute atomic E-state index is 0.166. The second kappa shape index (κ2) is 9.15. The maximum atomic E-state index is 10.1. The Labute approximate surface area is 148 Å². The zero-order valence-corrected chi connectivity index (χ0v) is 14.9. The third kappa shape index (κ3) is 5.01. The number of phenols is 2. The number of benzene rings is 2. The van der Waals surface area contributed by atoms with Crippen LogP contribution in [0.4, 0.5) is 0 Å². The van der Waals surface area contributed by atoms with Gasteiger partial charge in [-0.15, -0.1) is 0 Å². The van der Waals surface area contributed by atoms with Crippen LogP contribution >= 0.6 is 0 Å². The van der Waals surface area contributed by atoms with Crippen LogP contribution in [-0.4, -0.2) is 37.0 Å². The van der Waals surface area contributed by atoms with E-state index in [-0.39, 0.29) is 17.5 Å². The highest BCUT2D eigenvalue weighted by molar-refractivity contribution is 5.46. The largest absolute Gasteiger partial charge is 0.504 e. The average Bonchev–Trinajstić information content (AvgIpc) is 2.62. The molecule has 4 N–H and O–H groups in total. The molecule has 0 aliphatic rings. The molecule has 0 amide bonds. The monoisotopic (exact) mass is 346 g/mol. The van der Waals surface area contributed by atoms with E-state index in [2.05, 4.69) is 17.6 Å². The smallest absolute Gasteiger partial charge is 0.162 e. The normalized spacial score (nSPS) is 12.0. The second-order valence-corrected chi connectivity index (χ2v) is 5.85. The van der Waals surface area contributed by atoms with E-state index < -0.39 is 0 Å². The third-order valence-corrected chi connectivity index (χ3v) is 4.01. The van der Waals surface area contributed by atoms with E-state index in [9.17, 15) is 10.2 Å². The summed E-state index contributed by atoms with van der Waals surface area (Å²) < 4.78 is 10.2. The quantitative estimate of drug-likeness (QED) is 0.558. The van der Waals surface area contributed by atoms with E-state index in [1.807, 2.05) is 24.3 Å². The lowest BCUT2D eigenvalue weighted by atomic mass is 10.1. The summed E-state index contributed by atoms with van der Waals surface area (Å²) >= 11 is 0. The van der Waals surface area contributed by atoms with Gasteiger partial charge in [0.15, 0.2) is 23.0 Å². The molecule has 6 heteroatoms. The standard InChI is InChI=1S/C19H26N2O4/c1-13(21-12-15-7-5-9-17(25-3)19(15)23)10-20-11-14-6-4-8-16(24-2)18(14)22/h4-9,13,20-23H,10-12H2,1-3H3. The molecule has 2 rings (SSSR count). The van der Waals surface area contributed by atoms with Crippen LogP contribution in [0.15, 0.2) is 36.4 Å². The van der Waals surface area contributed by atoms with Gasteiger partial charge >= 0.3 is 0 Å². The zero-order chi connectivity index (χ0) is 18.2. The van der Waals surface area contributed by atoms with Gasteiger partial charge in [-0.25, -0.2) is 0 Å². The van der Waals surface area contributed by atoms with Gasteiger partial charge < -0.3 is 30.3 Å². The van der Waals surface area contributed by atoms with Crippen LogP contribution in [0, 0.1) is 0 Å². The lowest BCUT2D eigenvalue weighted by molar-refractivity contribution is 0.367. The van der Waals surface area contributed by atoms with Crippen molar-refractivity contribution in [2.45, 2.75) is 26.1 Å². The summed E-state index contributed by atoms with van der Waals surface area (Å²) in [5.41, 5.74) is 1.58. The van der Waals surface area contributed by atoms with Gasteiger partial charge in [-0.1, -0.05) is 24.3 Å². The summed E-state index contributed by atoms with van der Waals surface area (Å²) in [4.78, 5) is 0. The first-order valence-electron chi connectivity index (χ1n) is 8.20. The Morgan fingerprint density at radius 2 is 1.40 bits per heavy atom. The third-order valence-electron chi connectivity index (χ3n) is 4.01. The summed E-state index contributed by atoms with van der Waals surface area (Å²) in [5.74, 6) is 1.27. The first kappa shape index (κ1) is 18.9. The van der Waals surface area contributed by atoms with Crippen LogP contribution in [0.5, 0.6) is 23.0 Å². The maximum Gasteiger partial charge on any atom is 0.162 e. The fourth-order valence-electron chi connectivity index (χ4n) is 2.53. The number of hydrogen-bond donors (Lipinski definition) is 4. The first-order valence-corrected chi connectivity index (χ1v) is 8.20. The molecule has 0 radical (unpaired) electrons. The molecular weight excluding hydrogens is 320 g/mol. The van der Waals surface area contributed by atoms with E-state index in [1.54, 1.807) is 12.1 Å². The molecule has 0 fully saturated rings. The SMILES string of the molecule is COc1cccc(CNCC(C)NCc2cccc(OC)c2O)c1O. The number of phenolic OH excluding ortho intramolecular Hbond substituents is 2. The van der Waals surface area contributed by atoms with Gasteiger partial charge in [0, 0.05) is 36.8 Å². The predicted octanol–water partition coefficient (Wildman–Crippen LogP) is 2.38. The van der Waals surface area contributed by atoms with Gasteiger partial charge in [0.25, 0.3) is 0 Å². The molecule has 1 atom stereocenters. The highest BCUT2D eigenvalue weighted by Gasteiger charge is 2.10. The summed E-state index contributed by atoms with van der Waals surface area (Å²) in [6, 6.07) is 11.1. The fraction of sp³-hybridized carbons (Fsp3) is 0.368. The van der Waals surface area contributed by atoms with E-state index >= 15 is 0 Å². The Balaban J connectivity index is 1.81. The molecule has 0 bridgehead atoms. The van der Waals surface area contributed by atoms with Crippen LogP contribution in [0.25, 0.3) is 0 Å². The molecule has 1 unspecified atom stereocenters. The van der Waals surface area contributed by atoms with Crippen molar-refractivity contribution in [2.24, 2.45) is 0 Å². The van der Waals surface area contributed by atoms with E-state index in [0.29, 0.717) is 31.1 Å². The van der Waals surface area contributed by atoms with Crippen LogP contribution in [0.2, 0.25) is 0 Å². The minimum Gasteiger partial charge on any atom is -0.504 e. The molecule has 0 aromatic heterocycles. The Morgan fingerprint density at radius 1 is 0.880 bits per heavy atom. The molecule has 0 saturated heterocycles. The zero-order valence-electron chi connectivity index (χ0n) is 14.9. The molecule has 0 heterocycles. The van der Waals surface area contributed by atoms with Crippen LogP contribution in [-0.2, 0) is 13.1 Å². The number of rotatable bonds is 9. The lowest BCUT2D eigenvalue weighted by Crippen LogP contribution is -2.35. The van der Waals surface area contributed by atoms with Gasteiger partial charge in [-0.2, -0.15) is 0 Å². The number of para-hydroxylation sites is 2. The molecule has 6 nitrogen and oxygen atoms in total. The number of aromatic hydroxyl groups is 2. The fourth-order valence-corrected chi connectivity index (χ4v) is 2.53. The van der Waals surface area contributed by atoms with Crippen LogP contribution in [0.1, 0.15) is 18.1 Å². The molecular formula is C19H26N2O4. The predicted molar refractivity (Wildman–Crippen MR) is 97.3 cm³/mol. The molecule has 0 aliphatic carbocycles. The van der Waals surface area contributed by atoms with Crippen molar-refractivity contribution < 1.29 is 19.7 Å². The molecule has 25 heavy (non-hydrogen) atoms. The van der Waals surface area contributed by atoms with Crippen molar-refractivity contribution in [3.05, 3.63) is 47.5 Å². The van der Waals surface area contributed by atoms with Crippen molar-refractivity contribution in [2.75, 3.05) is 20.8 Å². The summed E-state index contributed by atoms with van der Waals surface area (Å²) in [6.45, 7) is 3.84. The number of methoxy groups -OCH3 is 2. The minimum atomic E-state index is 0.166. The molecule has 136 valence electrons. The van der Waals surface area contributed by atoms with Gasteiger partial charge in [-0.3, -0.25) is 0 Å². The Morgan fingerprint density at radius 3 is 1.92 bits per heavy atom. The average molecular weight is 346 g/mol. The Bertz CT molecular complexity index is 691. The van der Waals surface area contributed by atoms with Crippen molar-refractivity contribution in [3.8, 4) is 23.0 Å². The summed E-state index contributed by atoms with van der Waals surface area (Å²) in [6.07, 6.45) is 0.